The first kappa shape index (κ1) is 26.6. The number of hydrogen-bond acceptors (Lipinski definition) is 6. The third-order valence-corrected chi connectivity index (χ3v) is 5.54. The second-order valence-electron chi connectivity index (χ2n) is 8.38. The van der Waals surface area contributed by atoms with Crippen molar-refractivity contribution in [2.24, 2.45) is 5.73 Å². The number of fused-ring (bicyclic) bond motifs is 1. The highest BCUT2D eigenvalue weighted by molar-refractivity contribution is 6.00. The van der Waals surface area contributed by atoms with Gasteiger partial charge in [0.15, 0.2) is 18.1 Å². The zero-order chi connectivity index (χ0) is 25.6. The number of anilines is 1. The normalized spacial score (nSPS) is 14.1. The number of rotatable bonds is 12. The van der Waals surface area contributed by atoms with Crippen LogP contribution in [0.5, 0.6) is 11.5 Å². The number of benzene rings is 2. The van der Waals surface area contributed by atoms with Gasteiger partial charge in [-0.2, -0.15) is 13.2 Å². The monoisotopic (exact) mass is 499 g/mol. The molecule has 4 N–H and O–H groups in total. The Morgan fingerprint density at radius 1 is 1.23 bits per heavy atom. The van der Waals surface area contributed by atoms with Crippen LogP contribution in [-0.4, -0.2) is 62.7 Å². The van der Waals surface area contributed by atoms with E-state index in [-0.39, 0.29) is 30.8 Å². The average molecular weight is 500 g/mol. The van der Waals surface area contributed by atoms with E-state index in [0.717, 1.165) is 35.4 Å². The van der Waals surface area contributed by atoms with Crippen LogP contribution in [0.25, 0.3) is 0 Å². The molecule has 11 heteroatoms. The van der Waals surface area contributed by atoms with Crippen molar-refractivity contribution in [1.29, 1.82) is 0 Å². The topological polar surface area (TPSA) is 97.1 Å². The van der Waals surface area contributed by atoms with Gasteiger partial charge in [0.2, 0.25) is 0 Å². The number of halogens is 4. The number of ether oxygens (including phenoxy) is 2. The zero-order valence-electron chi connectivity index (χ0n) is 19.3. The number of carbonyl (C=O) groups is 1. The van der Waals surface area contributed by atoms with Crippen LogP contribution >= 0.6 is 0 Å². The van der Waals surface area contributed by atoms with Crippen molar-refractivity contribution in [3.63, 3.8) is 0 Å². The molecule has 2 aromatic carbocycles. The molecule has 35 heavy (non-hydrogen) atoms. The third-order valence-electron chi connectivity index (χ3n) is 5.54. The van der Waals surface area contributed by atoms with Gasteiger partial charge in [0.25, 0.3) is 5.91 Å². The van der Waals surface area contributed by atoms with Crippen molar-refractivity contribution < 1.29 is 36.9 Å². The fraction of sp³-hybridized carbons (Fsp3) is 0.458. The van der Waals surface area contributed by atoms with Crippen molar-refractivity contribution in [2.45, 2.75) is 32.0 Å². The quantitative estimate of drug-likeness (QED) is 0.307. The van der Waals surface area contributed by atoms with Gasteiger partial charge < -0.3 is 30.5 Å². The molecule has 0 unspecified atom stereocenters. The summed E-state index contributed by atoms with van der Waals surface area (Å²) >= 11 is 0. The summed E-state index contributed by atoms with van der Waals surface area (Å²) in [6.45, 7) is 2.01. The van der Waals surface area contributed by atoms with E-state index < -0.39 is 24.5 Å². The van der Waals surface area contributed by atoms with Gasteiger partial charge in [0.05, 0.1) is 17.9 Å². The molecule has 1 amide bonds. The summed E-state index contributed by atoms with van der Waals surface area (Å²) < 4.78 is 60.9. The molecular weight excluding hydrogens is 470 g/mol. The molecule has 0 radical (unpaired) electrons. The van der Waals surface area contributed by atoms with Gasteiger partial charge in [0.1, 0.15) is 12.4 Å². The predicted molar refractivity (Wildman–Crippen MR) is 123 cm³/mol. The van der Waals surface area contributed by atoms with E-state index in [2.05, 4.69) is 10.1 Å². The molecule has 1 aliphatic rings. The number of primary amides is 1. The fourth-order valence-corrected chi connectivity index (χ4v) is 4.11. The second kappa shape index (κ2) is 11.6. The highest BCUT2D eigenvalue weighted by atomic mass is 19.4. The maximum absolute atomic E-state index is 13.4. The summed E-state index contributed by atoms with van der Waals surface area (Å²) in [6.07, 6.45) is -3.19. The van der Waals surface area contributed by atoms with Crippen LogP contribution in [0.1, 0.15) is 28.4 Å². The predicted octanol–water partition coefficient (Wildman–Crippen LogP) is 2.82. The van der Waals surface area contributed by atoms with Crippen LogP contribution < -0.4 is 25.4 Å². The fourth-order valence-electron chi connectivity index (χ4n) is 4.11. The van der Waals surface area contributed by atoms with Gasteiger partial charge >= 0.3 is 6.18 Å². The zero-order valence-corrected chi connectivity index (χ0v) is 19.3. The molecule has 192 valence electrons. The summed E-state index contributed by atoms with van der Waals surface area (Å²) in [7, 11) is 0. The van der Waals surface area contributed by atoms with Crippen LogP contribution in [0.4, 0.5) is 23.2 Å². The SMILES string of the molecule is C[C@H](Cc1cc2c(c(C(N)=O)c1)N(CCO)CC2)NCCOc1ccc(F)cc1OCC(F)(F)F. The number of nitrogens with zero attached hydrogens (tertiary/aromatic N) is 1. The number of nitrogens with one attached hydrogen (secondary N) is 1. The van der Waals surface area contributed by atoms with Crippen LogP contribution in [0.15, 0.2) is 30.3 Å². The largest absolute Gasteiger partial charge is 0.488 e. The van der Waals surface area contributed by atoms with E-state index >= 15 is 0 Å². The maximum Gasteiger partial charge on any atom is 0.422 e. The number of aliphatic hydroxyl groups excluding tert-OH is 1. The molecule has 0 aliphatic carbocycles. The van der Waals surface area contributed by atoms with Crippen molar-refractivity contribution in [2.75, 3.05) is 44.4 Å². The van der Waals surface area contributed by atoms with Gasteiger partial charge in [-0.25, -0.2) is 4.39 Å². The first-order valence-corrected chi connectivity index (χ1v) is 11.2. The van der Waals surface area contributed by atoms with Gasteiger partial charge in [-0.05, 0) is 49.1 Å². The summed E-state index contributed by atoms with van der Waals surface area (Å²) in [6, 6.07) is 6.95. The van der Waals surface area contributed by atoms with Crippen molar-refractivity contribution in [3.8, 4) is 11.5 Å². The number of hydrogen-bond donors (Lipinski definition) is 3. The third kappa shape index (κ3) is 7.46. The number of amides is 1. The van der Waals surface area contributed by atoms with Crippen molar-refractivity contribution in [3.05, 3.63) is 52.8 Å². The summed E-state index contributed by atoms with van der Waals surface area (Å²) in [5.74, 6) is -1.56. The van der Waals surface area contributed by atoms with Crippen molar-refractivity contribution >= 4 is 11.6 Å². The summed E-state index contributed by atoms with van der Waals surface area (Å²) in [4.78, 5) is 14.0. The lowest BCUT2D eigenvalue weighted by Crippen LogP contribution is -2.32. The molecule has 7 nitrogen and oxygen atoms in total. The standard InChI is InChI=1S/C24H29F4N3O4/c1-15(10-16-11-17-4-6-31(7-8-32)22(17)19(12-16)23(29)33)30-5-9-34-20-3-2-18(25)13-21(20)35-14-24(26,27)28/h2-3,11-13,15,30,32H,4-10,14H2,1H3,(H2,29,33)/t15-/m1/s1. The highest BCUT2D eigenvalue weighted by Gasteiger charge is 2.29. The van der Waals surface area contributed by atoms with Gasteiger partial charge in [-0.1, -0.05) is 6.07 Å². The van der Waals surface area contributed by atoms with Crippen LogP contribution in [0, 0.1) is 5.82 Å². The first-order chi connectivity index (χ1) is 16.6. The Morgan fingerprint density at radius 2 is 2.00 bits per heavy atom. The molecular formula is C24H29F4N3O4. The van der Waals surface area contributed by atoms with E-state index in [1.165, 1.54) is 6.07 Å². The lowest BCUT2D eigenvalue weighted by atomic mass is 9.98. The number of nitrogens with two attached hydrogens (primary N) is 1. The smallest absolute Gasteiger partial charge is 0.422 e. The minimum Gasteiger partial charge on any atom is -0.488 e. The highest BCUT2D eigenvalue weighted by Crippen LogP contribution is 2.33. The Morgan fingerprint density at radius 3 is 2.69 bits per heavy atom. The lowest BCUT2D eigenvalue weighted by molar-refractivity contribution is -0.153. The number of alkyl halides is 3. The number of β-amino-alcohol motifs (C(OH)–C–C–N with tert-alkyl or cyclic N) is 1. The van der Waals surface area contributed by atoms with Gasteiger partial charge in [-0.15, -0.1) is 0 Å². The summed E-state index contributed by atoms with van der Waals surface area (Å²) in [5.41, 5.74) is 8.78. The molecule has 1 heterocycles. The second-order valence-corrected chi connectivity index (χ2v) is 8.38. The number of aliphatic hydroxyl groups is 1. The van der Waals surface area contributed by atoms with E-state index in [0.29, 0.717) is 31.6 Å². The van der Waals surface area contributed by atoms with Crippen LogP contribution in [0.3, 0.4) is 0 Å². The molecule has 2 aromatic rings. The average Bonchev–Trinajstić information content (AvgIpc) is 3.18. The molecule has 1 atom stereocenters. The van der Waals surface area contributed by atoms with Gasteiger partial charge in [-0.3, -0.25) is 4.79 Å². The molecule has 1 aliphatic heterocycles. The first-order valence-electron chi connectivity index (χ1n) is 11.2. The van der Waals surface area contributed by atoms with E-state index in [4.69, 9.17) is 10.5 Å². The van der Waals surface area contributed by atoms with E-state index in [1.807, 2.05) is 17.9 Å². The molecule has 0 aromatic heterocycles. The molecule has 0 spiro atoms. The molecule has 0 bridgehead atoms. The Hall–Kier alpha value is -3.05. The van der Waals surface area contributed by atoms with Crippen LogP contribution in [-0.2, 0) is 12.8 Å². The maximum atomic E-state index is 13.4. The van der Waals surface area contributed by atoms with Crippen molar-refractivity contribution in [1.82, 2.24) is 5.32 Å². The molecule has 0 saturated heterocycles. The van der Waals surface area contributed by atoms with Crippen LogP contribution in [0.2, 0.25) is 0 Å². The van der Waals surface area contributed by atoms with E-state index in [1.54, 1.807) is 6.07 Å². The lowest BCUT2D eigenvalue weighted by Gasteiger charge is -2.21. The Balaban J connectivity index is 1.55. The minimum absolute atomic E-state index is 0.0125. The Kier molecular flexibility index (Phi) is 8.79. The van der Waals surface area contributed by atoms with E-state index in [9.17, 15) is 27.5 Å². The molecule has 0 saturated carbocycles. The Bertz CT molecular complexity index is 1030. The number of carbonyl (C=O) groups excluding carboxylic acids is 1. The molecule has 0 fully saturated rings. The minimum atomic E-state index is -4.55. The summed E-state index contributed by atoms with van der Waals surface area (Å²) in [5, 5.41) is 12.5. The Labute approximate surface area is 200 Å². The molecule has 3 rings (SSSR count). The van der Waals surface area contributed by atoms with Gasteiger partial charge in [0, 0.05) is 31.7 Å².